The Morgan fingerprint density at radius 2 is 1.14 bits per heavy atom. The van der Waals surface area contributed by atoms with E-state index in [0.717, 1.165) is 0 Å². The molecule has 1 nitrogen and oxygen atoms in total. The quantitative estimate of drug-likeness (QED) is 0.182. The van der Waals surface area contributed by atoms with Crippen LogP contribution < -0.4 is 15.9 Å². The molecule has 0 saturated carbocycles. The summed E-state index contributed by atoms with van der Waals surface area (Å²) in [6, 6.07) is 54.9. The molecule has 0 fully saturated rings. The number of hydrogen-bond donors (Lipinski definition) is 0. The van der Waals surface area contributed by atoms with Crippen LogP contribution >= 0.6 is 17.8 Å². The van der Waals surface area contributed by atoms with Gasteiger partial charge in [0.2, 0.25) is 0 Å². The normalized spacial score (nSPS) is 12.5. The number of rotatable bonds is 4. The number of hydrogen-bond acceptors (Lipinski definition) is 2. The van der Waals surface area contributed by atoms with E-state index >= 15 is 0 Å². The molecule has 8 aromatic rings. The van der Waals surface area contributed by atoms with Crippen molar-refractivity contribution in [3.05, 3.63) is 158 Å². The van der Waals surface area contributed by atoms with Crippen LogP contribution in [0, 0.1) is 0 Å². The maximum absolute atomic E-state index is 6.77. The van der Waals surface area contributed by atoms with Crippen LogP contribution in [0.5, 0.6) is 0 Å². The molecule has 208 valence electrons. The van der Waals surface area contributed by atoms with E-state index in [2.05, 4.69) is 162 Å². The summed E-state index contributed by atoms with van der Waals surface area (Å²) in [5.41, 5.74) is 6.26. The summed E-state index contributed by atoms with van der Waals surface area (Å²) in [4.78, 5) is 2.57. The third-order valence-corrected chi connectivity index (χ3v) is 14.9. The first-order valence-corrected chi connectivity index (χ1v) is 18.4. The molecular formula is C40H26NPS2. The Balaban J connectivity index is 1.25. The van der Waals surface area contributed by atoms with Crippen LogP contribution in [0.25, 0.3) is 49.4 Å². The first-order chi connectivity index (χ1) is 21.7. The Labute approximate surface area is 265 Å². The zero-order valence-electron chi connectivity index (χ0n) is 23.7. The highest BCUT2D eigenvalue weighted by atomic mass is 32.4. The molecule has 7 aromatic carbocycles. The van der Waals surface area contributed by atoms with E-state index in [4.69, 9.17) is 11.8 Å². The lowest BCUT2D eigenvalue weighted by molar-refractivity contribution is 1.09. The van der Waals surface area contributed by atoms with Gasteiger partial charge in [-0.2, -0.15) is 0 Å². The third kappa shape index (κ3) is 3.77. The summed E-state index contributed by atoms with van der Waals surface area (Å²) in [5, 5.41) is 8.76. The summed E-state index contributed by atoms with van der Waals surface area (Å²) in [5.74, 6) is 0. The maximum atomic E-state index is 6.77. The fourth-order valence-corrected chi connectivity index (χ4v) is 12.1. The minimum absolute atomic E-state index is 1.22. The maximum Gasteiger partial charge on any atom is 0.0681 e. The molecule has 0 atom stereocenters. The third-order valence-electron chi connectivity index (χ3n) is 8.87. The van der Waals surface area contributed by atoms with Gasteiger partial charge in [-0.3, -0.25) is 0 Å². The van der Waals surface area contributed by atoms with Gasteiger partial charge in [0, 0.05) is 31.9 Å². The number of para-hydroxylation sites is 2. The monoisotopic (exact) mass is 615 g/mol. The highest BCUT2D eigenvalue weighted by molar-refractivity contribution is 8.25. The molecular weight excluding hydrogens is 590 g/mol. The van der Waals surface area contributed by atoms with Gasteiger partial charge in [-0.1, -0.05) is 157 Å². The van der Waals surface area contributed by atoms with Crippen molar-refractivity contribution < 1.29 is 0 Å². The summed E-state index contributed by atoms with van der Waals surface area (Å²) in [6.45, 7) is 0. The fourth-order valence-electron chi connectivity index (χ4n) is 6.91. The minimum atomic E-state index is -2.30. The van der Waals surface area contributed by atoms with E-state index < -0.39 is 6.04 Å². The summed E-state index contributed by atoms with van der Waals surface area (Å²) in [7, 11) is 0. The molecule has 1 aromatic heterocycles. The second kappa shape index (κ2) is 10.1. The molecule has 0 amide bonds. The van der Waals surface area contributed by atoms with Gasteiger partial charge in [0.25, 0.3) is 0 Å². The summed E-state index contributed by atoms with van der Waals surface area (Å²) in [6.07, 6.45) is 0. The minimum Gasteiger partial charge on any atom is -0.307 e. The zero-order chi connectivity index (χ0) is 29.3. The lowest BCUT2D eigenvalue weighted by Crippen LogP contribution is -2.25. The topological polar surface area (TPSA) is 4.93 Å². The fraction of sp³-hybridized carbons (Fsp3) is 0. The van der Waals surface area contributed by atoms with E-state index in [1.807, 2.05) is 11.8 Å². The standard InChI is InChI=1S/C40H26NPS2/c43-42(28-12-3-1-4-13-28,29-14-5-2-6-15-29)37-22-10-18-31-30(17-9-19-33(31)37)27-24-25-36-39(26-27)44-38-23-11-20-34-32-16-7-8-21-35(32)41(36)40(34)38/h1-26H. The lowest BCUT2D eigenvalue weighted by atomic mass is 9.98. The van der Waals surface area contributed by atoms with Gasteiger partial charge in [-0.05, 0) is 56.8 Å². The Morgan fingerprint density at radius 3 is 1.93 bits per heavy atom. The van der Waals surface area contributed by atoms with E-state index in [1.165, 1.54) is 75.1 Å². The molecule has 0 aliphatic carbocycles. The molecule has 0 bridgehead atoms. The Bertz CT molecular complexity index is 2400. The number of aromatic nitrogens is 1. The molecule has 1 aliphatic rings. The highest BCUT2D eigenvalue weighted by Gasteiger charge is 2.27. The van der Waals surface area contributed by atoms with Crippen molar-refractivity contribution in [2.75, 3.05) is 0 Å². The van der Waals surface area contributed by atoms with Gasteiger partial charge in [-0.15, -0.1) is 0 Å². The van der Waals surface area contributed by atoms with Gasteiger partial charge in [-0.25, -0.2) is 0 Å². The van der Waals surface area contributed by atoms with E-state index in [1.54, 1.807) is 0 Å². The SMILES string of the molecule is S=P(c1ccccc1)(c1ccccc1)c1cccc2c(-c3ccc4c(c3)Sc3cccc5c6ccccc6n-4c35)cccc12. The summed E-state index contributed by atoms with van der Waals surface area (Å²) >= 11 is 8.65. The molecule has 4 heteroatoms. The molecule has 0 saturated heterocycles. The molecule has 9 rings (SSSR count). The number of benzene rings is 7. The van der Waals surface area contributed by atoms with Crippen LogP contribution in [0.3, 0.4) is 0 Å². The van der Waals surface area contributed by atoms with Crippen molar-refractivity contribution in [2.24, 2.45) is 0 Å². The zero-order valence-corrected chi connectivity index (χ0v) is 26.2. The van der Waals surface area contributed by atoms with E-state index in [9.17, 15) is 0 Å². The molecule has 0 radical (unpaired) electrons. The molecule has 1 aliphatic heterocycles. The van der Waals surface area contributed by atoms with Crippen LogP contribution in [-0.2, 0) is 11.8 Å². The van der Waals surface area contributed by atoms with Gasteiger partial charge >= 0.3 is 0 Å². The van der Waals surface area contributed by atoms with Crippen LogP contribution in [0.15, 0.2) is 168 Å². The number of fused-ring (bicyclic) bond motifs is 6. The Hall–Kier alpha value is -4.40. The van der Waals surface area contributed by atoms with Crippen LogP contribution in [0.2, 0.25) is 0 Å². The van der Waals surface area contributed by atoms with E-state index in [-0.39, 0.29) is 0 Å². The van der Waals surface area contributed by atoms with Crippen molar-refractivity contribution in [2.45, 2.75) is 9.79 Å². The van der Waals surface area contributed by atoms with Crippen molar-refractivity contribution in [3.8, 4) is 16.8 Å². The van der Waals surface area contributed by atoms with Crippen LogP contribution in [0.1, 0.15) is 0 Å². The van der Waals surface area contributed by atoms with Crippen molar-refractivity contribution in [3.63, 3.8) is 0 Å². The average Bonchev–Trinajstić information content (AvgIpc) is 3.44. The second-order valence-corrected chi connectivity index (χ2v) is 16.7. The van der Waals surface area contributed by atoms with Gasteiger partial charge in [0.15, 0.2) is 0 Å². The first kappa shape index (κ1) is 26.0. The largest absolute Gasteiger partial charge is 0.307 e. The predicted molar refractivity (Wildman–Crippen MR) is 194 cm³/mol. The van der Waals surface area contributed by atoms with Crippen LogP contribution in [-0.4, -0.2) is 4.57 Å². The summed E-state index contributed by atoms with van der Waals surface area (Å²) < 4.78 is 2.45. The van der Waals surface area contributed by atoms with Gasteiger partial charge in [0.05, 0.1) is 16.7 Å². The smallest absolute Gasteiger partial charge is 0.0681 e. The molecule has 44 heavy (non-hydrogen) atoms. The predicted octanol–water partition coefficient (Wildman–Crippen LogP) is 9.82. The Morgan fingerprint density at radius 1 is 0.500 bits per heavy atom. The van der Waals surface area contributed by atoms with Crippen molar-refractivity contribution >= 4 is 78.1 Å². The first-order valence-electron chi connectivity index (χ1n) is 14.8. The Kier molecular flexibility index (Phi) is 5.96. The van der Waals surface area contributed by atoms with Crippen molar-refractivity contribution in [1.29, 1.82) is 0 Å². The van der Waals surface area contributed by atoms with Crippen LogP contribution in [0.4, 0.5) is 0 Å². The van der Waals surface area contributed by atoms with Gasteiger partial charge in [0.1, 0.15) is 0 Å². The molecule has 2 heterocycles. The highest BCUT2D eigenvalue weighted by Crippen LogP contribution is 2.49. The lowest BCUT2D eigenvalue weighted by Gasteiger charge is -2.26. The average molecular weight is 616 g/mol. The molecule has 0 spiro atoms. The molecule has 0 N–H and O–H groups in total. The molecule has 0 unspecified atom stereocenters. The van der Waals surface area contributed by atoms with Crippen molar-refractivity contribution in [1.82, 2.24) is 4.57 Å². The number of nitrogens with zero attached hydrogens (tertiary/aromatic N) is 1. The second-order valence-electron chi connectivity index (χ2n) is 11.2. The van der Waals surface area contributed by atoms with Gasteiger partial charge < -0.3 is 4.57 Å². The van der Waals surface area contributed by atoms with E-state index in [0.29, 0.717) is 0 Å².